The number of hydrogen-bond acceptors (Lipinski definition) is 6. The number of aromatic nitrogens is 1. The molecule has 0 aliphatic carbocycles. The molecule has 0 bridgehead atoms. The number of anilines is 2. The molecule has 0 amide bonds. The molecule has 0 fully saturated rings. The number of nitro benzene ring substituents is 2. The summed E-state index contributed by atoms with van der Waals surface area (Å²) in [5, 5.41) is 22.1. The van der Waals surface area contributed by atoms with Gasteiger partial charge in [0.25, 0.3) is 0 Å². The van der Waals surface area contributed by atoms with Crippen molar-refractivity contribution in [3.05, 3.63) is 59.7 Å². The summed E-state index contributed by atoms with van der Waals surface area (Å²) in [7, 11) is 0. The Morgan fingerprint density at radius 3 is 1.85 bits per heavy atom. The first-order valence-electron chi connectivity index (χ1n) is 7.37. The second-order valence-corrected chi connectivity index (χ2v) is 41.5. The van der Waals surface area contributed by atoms with E-state index in [-0.39, 0.29) is 17.2 Å². The van der Waals surface area contributed by atoms with Crippen molar-refractivity contribution in [3.63, 3.8) is 0 Å². The fourth-order valence-corrected chi connectivity index (χ4v) is 2.62. The van der Waals surface area contributed by atoms with E-state index in [1.165, 1.54) is 0 Å². The summed E-state index contributed by atoms with van der Waals surface area (Å²) in [5.74, 6) is -0.721. The number of halogens is 11. The first kappa shape index (κ1) is 30.9. The molecule has 1 aromatic carbocycles. The summed E-state index contributed by atoms with van der Waals surface area (Å²) < 4.78 is 77.0. The minimum absolute atomic E-state index is 0.0599. The normalized spacial score (nSPS) is 11.6. The molecule has 182 valence electrons. The predicted octanol–water partition coefficient (Wildman–Crippen LogP) is 8.64. The molecule has 2 aromatic rings. The zero-order valence-corrected chi connectivity index (χ0v) is 24.2. The van der Waals surface area contributed by atoms with Crippen LogP contribution in [-0.4, -0.2) is 14.8 Å². The van der Waals surface area contributed by atoms with E-state index < -0.39 is 66.3 Å². The summed E-state index contributed by atoms with van der Waals surface area (Å²) in [5.41, 5.74) is -7.26. The fraction of sp³-hybridized carbons (Fsp3) is 0.154. The number of nitro groups is 2. The monoisotopic (exact) mass is 896 g/mol. The minimum atomic E-state index is -5.27. The third kappa shape index (κ3) is 8.81. The summed E-state index contributed by atoms with van der Waals surface area (Å²) in [6, 6.07) is 0.301. The van der Waals surface area contributed by atoms with Crippen LogP contribution in [0.2, 0.25) is 10.0 Å². The number of nitrogens with zero attached hydrogens (tertiary/aromatic N) is 3. The maximum atomic E-state index is 13.0. The van der Waals surface area contributed by atoms with Crippen LogP contribution in [0.25, 0.3) is 0 Å². The maximum absolute atomic E-state index is 13.0. The van der Waals surface area contributed by atoms with Gasteiger partial charge in [0.15, 0.2) is 5.69 Å². The van der Waals surface area contributed by atoms with Crippen molar-refractivity contribution in [2.24, 2.45) is 0 Å². The van der Waals surface area contributed by atoms with Gasteiger partial charge in [-0.2, -0.15) is 26.3 Å². The summed E-state index contributed by atoms with van der Waals surface area (Å²) in [6.45, 7) is 0. The van der Waals surface area contributed by atoms with E-state index >= 15 is 0 Å². The molecule has 0 aliphatic rings. The fourth-order valence-electron chi connectivity index (χ4n) is 2.08. The number of alkyl halides is 6. The zero-order valence-electron chi connectivity index (χ0n) is 14.8. The Kier molecular flexibility index (Phi) is 11.5. The quantitative estimate of drug-likeness (QED) is 0.143. The topological polar surface area (TPSA) is 111 Å². The molecular formula is C13H4Cl2F6I3N4O4V. The average Bonchev–Trinajstić information content (AvgIpc) is 2.60. The average molecular weight is 897 g/mol. The molecule has 33 heavy (non-hydrogen) atoms. The molecule has 0 spiro atoms. The number of nitrogens with one attached hydrogen (secondary N) is 1. The van der Waals surface area contributed by atoms with Crippen LogP contribution in [0.5, 0.6) is 0 Å². The van der Waals surface area contributed by atoms with Crippen LogP contribution >= 0.6 is 83.1 Å². The standard InChI is InChI=1S/C13H4Cl2F6N4O4.3HI.V/c14-6-1-4(12(16,17)18)3-22-11(6)23-9-7(24(26)27)2-5(13(19,20)21)8(15)10(9)25(28)29;;;;/h1-3H,(H,22,23);3*1H;/q;;;;+3/p-3. The van der Waals surface area contributed by atoms with Gasteiger partial charge in [0.1, 0.15) is 10.8 Å². The predicted molar refractivity (Wildman–Crippen MR) is 129 cm³/mol. The van der Waals surface area contributed by atoms with E-state index in [1.54, 1.807) is 0 Å². The van der Waals surface area contributed by atoms with E-state index in [4.69, 9.17) is 23.2 Å². The molecule has 0 radical (unpaired) electrons. The van der Waals surface area contributed by atoms with Gasteiger partial charge in [0, 0.05) is 12.3 Å². The summed E-state index contributed by atoms with van der Waals surface area (Å²) >= 11 is 18.4. The van der Waals surface area contributed by atoms with E-state index in [2.05, 4.69) is 64.9 Å². The second-order valence-electron chi connectivity index (χ2n) is 5.36. The van der Waals surface area contributed by atoms with Crippen LogP contribution < -0.4 is 5.32 Å². The van der Waals surface area contributed by atoms with Gasteiger partial charge in [-0.25, -0.2) is 4.98 Å². The molecule has 1 N–H and O–H groups in total. The van der Waals surface area contributed by atoms with Crippen molar-refractivity contribution < 1.29 is 41.1 Å². The Morgan fingerprint density at radius 1 is 0.970 bits per heavy atom. The van der Waals surface area contributed by atoms with Crippen LogP contribution in [0.15, 0.2) is 18.3 Å². The van der Waals surface area contributed by atoms with Crippen LogP contribution in [0.3, 0.4) is 0 Å². The second kappa shape index (κ2) is 12.2. The van der Waals surface area contributed by atoms with Gasteiger partial charge in [0.05, 0.1) is 26.0 Å². The van der Waals surface area contributed by atoms with Gasteiger partial charge in [-0.3, -0.25) is 20.2 Å². The molecule has 20 heteroatoms. The molecule has 0 saturated carbocycles. The SMILES string of the molecule is O=[N+]([O-])c1cc(C(F)(F)F)c(Cl)c([N+](=O)[O-])c1Nc1ncc(C(F)(F)F)cc1Cl.[I][V]([I])[I]. The molecule has 1 heterocycles. The van der Waals surface area contributed by atoms with Crippen molar-refractivity contribution in [1.29, 1.82) is 0 Å². The van der Waals surface area contributed by atoms with Crippen molar-refractivity contribution >= 4 is 106 Å². The van der Waals surface area contributed by atoms with Gasteiger partial charge < -0.3 is 5.32 Å². The van der Waals surface area contributed by atoms with Gasteiger partial charge in [0.2, 0.25) is 0 Å². The molecular weight excluding hydrogens is 893 g/mol. The van der Waals surface area contributed by atoms with Crippen molar-refractivity contribution in [2.45, 2.75) is 12.4 Å². The number of hydrogen-bond donors (Lipinski definition) is 1. The van der Waals surface area contributed by atoms with Gasteiger partial charge in [-0.05, 0) is 6.07 Å². The first-order valence-corrected chi connectivity index (χ1v) is 21.6. The molecule has 0 atom stereocenters. The number of pyridine rings is 1. The molecule has 0 unspecified atom stereocenters. The Hall–Kier alpha value is -0.0956. The van der Waals surface area contributed by atoms with E-state index in [0.29, 0.717) is 6.07 Å². The first-order chi connectivity index (χ1) is 14.9. The van der Waals surface area contributed by atoms with Crippen LogP contribution in [-0.2, 0) is 17.3 Å². The molecule has 1 aromatic heterocycles. The Labute approximate surface area is 227 Å². The number of benzene rings is 1. The molecule has 0 aliphatic heterocycles. The van der Waals surface area contributed by atoms with Gasteiger partial charge >= 0.3 is 88.6 Å². The van der Waals surface area contributed by atoms with Gasteiger partial charge in [-0.1, -0.05) is 23.2 Å². The molecule has 0 saturated heterocycles. The molecule has 8 nitrogen and oxygen atoms in total. The van der Waals surface area contributed by atoms with Crippen molar-refractivity contribution in [3.8, 4) is 0 Å². The molecule has 2 rings (SSSR count). The van der Waals surface area contributed by atoms with E-state index in [1.807, 2.05) is 5.32 Å². The Bertz CT molecular complexity index is 1080. The van der Waals surface area contributed by atoms with Gasteiger partial charge in [-0.15, -0.1) is 0 Å². The zero-order chi connectivity index (χ0) is 25.9. The third-order valence-electron chi connectivity index (χ3n) is 3.31. The van der Waals surface area contributed by atoms with Crippen LogP contribution in [0.4, 0.5) is 49.2 Å². The third-order valence-corrected chi connectivity index (χ3v) is 3.99. The summed E-state index contributed by atoms with van der Waals surface area (Å²) in [4.78, 5) is 22.6. The van der Waals surface area contributed by atoms with Crippen LogP contribution in [0, 0.1) is 20.2 Å². The summed E-state index contributed by atoms with van der Waals surface area (Å²) in [6.07, 6.45) is -9.85. The van der Waals surface area contributed by atoms with Crippen molar-refractivity contribution in [2.75, 3.05) is 5.32 Å². The Morgan fingerprint density at radius 2 is 1.48 bits per heavy atom. The number of rotatable bonds is 4. The van der Waals surface area contributed by atoms with Crippen molar-refractivity contribution in [1.82, 2.24) is 4.98 Å². The van der Waals surface area contributed by atoms with E-state index in [0.717, 1.165) is 0 Å². The Balaban J connectivity index is 0.00000125. The van der Waals surface area contributed by atoms with Crippen LogP contribution in [0.1, 0.15) is 11.1 Å². The van der Waals surface area contributed by atoms with E-state index in [9.17, 15) is 46.6 Å².